The monoisotopic (exact) mass is 362 g/mol. The van der Waals surface area contributed by atoms with Gasteiger partial charge in [0.05, 0.1) is 14.7 Å². The van der Waals surface area contributed by atoms with Gasteiger partial charge in [-0.2, -0.15) is 5.10 Å². The SMILES string of the molecule is CCn1nc(C)cc1CC(O)c1csc(I)c1. The van der Waals surface area contributed by atoms with Gasteiger partial charge in [0.1, 0.15) is 0 Å². The number of aromatic nitrogens is 2. The van der Waals surface area contributed by atoms with Crippen molar-refractivity contribution in [2.45, 2.75) is 32.9 Å². The van der Waals surface area contributed by atoms with E-state index >= 15 is 0 Å². The van der Waals surface area contributed by atoms with Crippen LogP contribution in [0.25, 0.3) is 0 Å². The highest BCUT2D eigenvalue weighted by atomic mass is 127. The van der Waals surface area contributed by atoms with E-state index in [2.05, 4.69) is 34.6 Å². The zero-order valence-electron chi connectivity index (χ0n) is 9.85. The van der Waals surface area contributed by atoms with Gasteiger partial charge in [-0.05, 0) is 59.5 Å². The molecule has 3 nitrogen and oxygen atoms in total. The molecule has 0 bridgehead atoms. The Hall–Kier alpha value is -0.400. The van der Waals surface area contributed by atoms with Crippen LogP contribution in [0.3, 0.4) is 0 Å². The minimum absolute atomic E-state index is 0.434. The Morgan fingerprint density at radius 2 is 2.29 bits per heavy atom. The van der Waals surface area contributed by atoms with Crippen LogP contribution in [0, 0.1) is 9.81 Å². The summed E-state index contributed by atoms with van der Waals surface area (Å²) in [6.45, 7) is 4.89. The number of aliphatic hydroxyl groups is 1. The predicted molar refractivity (Wildman–Crippen MR) is 78.3 cm³/mol. The molecular weight excluding hydrogens is 347 g/mol. The number of rotatable bonds is 4. The van der Waals surface area contributed by atoms with Crippen molar-refractivity contribution in [3.8, 4) is 0 Å². The summed E-state index contributed by atoms with van der Waals surface area (Å²) < 4.78 is 3.16. The number of nitrogens with zero attached hydrogens (tertiary/aromatic N) is 2. The summed E-state index contributed by atoms with van der Waals surface area (Å²) in [6.07, 6.45) is 0.192. The maximum atomic E-state index is 10.2. The lowest BCUT2D eigenvalue weighted by atomic mass is 10.1. The van der Waals surface area contributed by atoms with E-state index < -0.39 is 6.10 Å². The highest BCUT2D eigenvalue weighted by Gasteiger charge is 2.13. The minimum atomic E-state index is -0.434. The number of hydrogen-bond acceptors (Lipinski definition) is 3. The van der Waals surface area contributed by atoms with Gasteiger partial charge in [-0.25, -0.2) is 0 Å². The fraction of sp³-hybridized carbons (Fsp3) is 0.417. The maximum Gasteiger partial charge on any atom is 0.0853 e. The summed E-state index contributed by atoms with van der Waals surface area (Å²) in [5.74, 6) is 0. The van der Waals surface area contributed by atoms with Crippen molar-refractivity contribution in [3.05, 3.63) is 37.3 Å². The molecule has 5 heteroatoms. The molecule has 1 atom stereocenters. The zero-order valence-corrected chi connectivity index (χ0v) is 12.8. The van der Waals surface area contributed by atoms with E-state index in [1.165, 1.54) is 2.88 Å². The average molecular weight is 362 g/mol. The maximum absolute atomic E-state index is 10.2. The largest absolute Gasteiger partial charge is 0.388 e. The molecule has 1 N–H and O–H groups in total. The van der Waals surface area contributed by atoms with Gasteiger partial charge in [-0.1, -0.05) is 0 Å². The molecule has 0 aliphatic heterocycles. The van der Waals surface area contributed by atoms with Gasteiger partial charge in [-0.15, -0.1) is 11.3 Å². The van der Waals surface area contributed by atoms with E-state index in [1.807, 2.05) is 29.1 Å². The molecule has 17 heavy (non-hydrogen) atoms. The third-order valence-corrected chi connectivity index (χ3v) is 4.47. The van der Waals surface area contributed by atoms with Crippen LogP contribution in [0.1, 0.15) is 30.0 Å². The lowest BCUT2D eigenvalue weighted by molar-refractivity contribution is 0.176. The molecule has 0 amide bonds. The van der Waals surface area contributed by atoms with Crippen molar-refractivity contribution in [2.75, 3.05) is 0 Å². The van der Waals surface area contributed by atoms with Crippen LogP contribution in [0.4, 0.5) is 0 Å². The van der Waals surface area contributed by atoms with Gasteiger partial charge < -0.3 is 5.11 Å². The van der Waals surface area contributed by atoms with Gasteiger partial charge in [0.25, 0.3) is 0 Å². The third-order valence-electron chi connectivity index (χ3n) is 2.66. The number of halogens is 1. The van der Waals surface area contributed by atoms with Crippen molar-refractivity contribution in [1.82, 2.24) is 9.78 Å². The Labute approximate surface area is 119 Å². The molecule has 0 aromatic carbocycles. The van der Waals surface area contributed by atoms with Gasteiger partial charge in [0.15, 0.2) is 0 Å². The normalized spacial score (nSPS) is 12.9. The molecular formula is C12H15IN2OS. The first-order valence-corrected chi connectivity index (χ1v) is 7.51. The van der Waals surface area contributed by atoms with Crippen molar-refractivity contribution < 1.29 is 5.11 Å². The summed E-state index contributed by atoms with van der Waals surface area (Å²) in [5, 5.41) is 16.6. The first-order chi connectivity index (χ1) is 8.10. The van der Waals surface area contributed by atoms with E-state index in [-0.39, 0.29) is 0 Å². The third kappa shape index (κ3) is 3.08. The number of hydrogen-bond donors (Lipinski definition) is 1. The van der Waals surface area contributed by atoms with E-state index in [1.54, 1.807) is 11.3 Å². The van der Waals surface area contributed by atoms with Crippen LogP contribution < -0.4 is 0 Å². The molecule has 2 aromatic heterocycles. The summed E-state index contributed by atoms with van der Waals surface area (Å²) in [5.41, 5.74) is 3.11. The van der Waals surface area contributed by atoms with Crippen LogP contribution in [-0.4, -0.2) is 14.9 Å². The molecule has 92 valence electrons. The molecule has 2 heterocycles. The van der Waals surface area contributed by atoms with Gasteiger partial charge >= 0.3 is 0 Å². The van der Waals surface area contributed by atoms with Crippen molar-refractivity contribution >= 4 is 33.9 Å². The van der Waals surface area contributed by atoms with Crippen molar-refractivity contribution in [2.24, 2.45) is 0 Å². The van der Waals surface area contributed by atoms with E-state index in [9.17, 15) is 5.11 Å². The molecule has 0 saturated carbocycles. The van der Waals surface area contributed by atoms with E-state index in [0.29, 0.717) is 6.42 Å². The van der Waals surface area contributed by atoms with Crippen LogP contribution in [0.15, 0.2) is 17.5 Å². The molecule has 0 fully saturated rings. The molecule has 0 spiro atoms. The Morgan fingerprint density at radius 3 is 2.88 bits per heavy atom. The summed E-state index contributed by atoms with van der Waals surface area (Å²) in [7, 11) is 0. The summed E-state index contributed by atoms with van der Waals surface area (Å²) in [4.78, 5) is 0. The smallest absolute Gasteiger partial charge is 0.0853 e. The molecule has 1 unspecified atom stereocenters. The molecule has 0 saturated heterocycles. The lowest BCUT2D eigenvalue weighted by Gasteiger charge is -2.09. The highest BCUT2D eigenvalue weighted by Crippen LogP contribution is 2.25. The van der Waals surface area contributed by atoms with Crippen molar-refractivity contribution in [3.63, 3.8) is 0 Å². The minimum Gasteiger partial charge on any atom is -0.388 e. The molecule has 0 aliphatic carbocycles. The van der Waals surface area contributed by atoms with Gasteiger partial charge in [0, 0.05) is 18.7 Å². The first kappa shape index (κ1) is 13.0. The Morgan fingerprint density at radius 1 is 1.53 bits per heavy atom. The fourth-order valence-corrected chi connectivity index (χ4v) is 3.27. The standard InChI is InChI=1S/C12H15IN2OS/c1-3-15-10(4-8(2)14-15)6-11(16)9-5-12(13)17-7-9/h4-5,7,11,16H,3,6H2,1-2H3. The molecule has 2 aromatic rings. The van der Waals surface area contributed by atoms with E-state index in [4.69, 9.17) is 0 Å². The summed E-state index contributed by atoms with van der Waals surface area (Å²) in [6, 6.07) is 4.08. The number of aliphatic hydroxyl groups excluding tert-OH is 1. The lowest BCUT2D eigenvalue weighted by Crippen LogP contribution is -2.07. The second-order valence-electron chi connectivity index (χ2n) is 4.00. The Kier molecular flexibility index (Phi) is 4.22. The predicted octanol–water partition coefficient (Wildman–Crippen LogP) is 3.15. The van der Waals surface area contributed by atoms with E-state index in [0.717, 1.165) is 23.5 Å². The Balaban J connectivity index is 2.14. The quantitative estimate of drug-likeness (QED) is 0.849. The van der Waals surface area contributed by atoms with Crippen LogP contribution in [0.5, 0.6) is 0 Å². The molecule has 0 radical (unpaired) electrons. The molecule has 0 aliphatic rings. The highest BCUT2D eigenvalue weighted by molar-refractivity contribution is 14.1. The second-order valence-corrected chi connectivity index (χ2v) is 6.80. The second kappa shape index (κ2) is 5.49. The van der Waals surface area contributed by atoms with Crippen molar-refractivity contribution in [1.29, 1.82) is 0 Å². The van der Waals surface area contributed by atoms with Gasteiger partial charge in [-0.3, -0.25) is 4.68 Å². The average Bonchev–Trinajstić information content (AvgIpc) is 2.85. The zero-order chi connectivity index (χ0) is 12.4. The molecule has 2 rings (SSSR count). The topological polar surface area (TPSA) is 38.0 Å². The van der Waals surface area contributed by atoms with Gasteiger partial charge in [0.2, 0.25) is 0 Å². The van der Waals surface area contributed by atoms with Crippen LogP contribution >= 0.6 is 33.9 Å². The Bertz CT molecular complexity index is 506. The van der Waals surface area contributed by atoms with Crippen LogP contribution in [-0.2, 0) is 13.0 Å². The number of thiophene rings is 1. The number of aryl methyl sites for hydroxylation is 2. The fourth-order valence-electron chi connectivity index (χ4n) is 1.85. The van der Waals surface area contributed by atoms with Crippen LogP contribution in [0.2, 0.25) is 0 Å². The first-order valence-electron chi connectivity index (χ1n) is 5.55. The summed E-state index contributed by atoms with van der Waals surface area (Å²) >= 11 is 3.94.